The number of pyridine rings is 1. The Kier molecular flexibility index (Phi) is 5.69. The van der Waals surface area contributed by atoms with E-state index in [1.807, 2.05) is 12.1 Å². The number of rotatable bonds is 6. The van der Waals surface area contributed by atoms with Crippen molar-refractivity contribution in [3.05, 3.63) is 54.5 Å². The maximum absolute atomic E-state index is 12.1. The number of hydrogen-bond acceptors (Lipinski definition) is 4. The second-order valence-corrected chi connectivity index (χ2v) is 7.39. The fourth-order valence-corrected chi connectivity index (χ4v) is 3.65. The van der Waals surface area contributed by atoms with E-state index in [0.717, 1.165) is 29.7 Å². The van der Waals surface area contributed by atoms with Crippen LogP contribution in [-0.2, 0) is 11.3 Å². The zero-order valence-electron chi connectivity index (χ0n) is 16.1. The van der Waals surface area contributed by atoms with E-state index in [-0.39, 0.29) is 11.9 Å². The molecule has 2 heterocycles. The van der Waals surface area contributed by atoms with Crippen LogP contribution in [0.25, 0.3) is 5.65 Å². The van der Waals surface area contributed by atoms with Crippen LogP contribution in [0.2, 0.25) is 0 Å². The van der Waals surface area contributed by atoms with Gasteiger partial charge in [0.05, 0.1) is 0 Å². The Bertz CT molecular complexity index is 992. The molecular weight excluding hydrogens is 368 g/mol. The number of nitrogens with one attached hydrogen (secondary N) is 3. The summed E-state index contributed by atoms with van der Waals surface area (Å²) in [6.45, 7) is 0.379. The van der Waals surface area contributed by atoms with Crippen LogP contribution in [0.4, 0.5) is 16.2 Å². The van der Waals surface area contributed by atoms with Gasteiger partial charge in [-0.15, -0.1) is 0 Å². The number of hydrogen-bond donors (Lipinski definition) is 3. The molecule has 3 amide bonds. The van der Waals surface area contributed by atoms with E-state index in [1.165, 1.54) is 19.2 Å². The van der Waals surface area contributed by atoms with Crippen molar-refractivity contribution >= 4 is 29.0 Å². The lowest BCUT2D eigenvalue weighted by atomic mass is 10.0. The van der Waals surface area contributed by atoms with Crippen LogP contribution in [0.1, 0.15) is 37.7 Å². The van der Waals surface area contributed by atoms with Gasteiger partial charge in [-0.2, -0.15) is 5.10 Å². The first-order chi connectivity index (χ1) is 14.2. The number of urea groups is 1. The highest BCUT2D eigenvalue weighted by Gasteiger charge is 2.18. The third-order valence-electron chi connectivity index (χ3n) is 5.17. The molecule has 3 N–H and O–H groups in total. The van der Waals surface area contributed by atoms with E-state index in [9.17, 15) is 9.59 Å². The third-order valence-corrected chi connectivity index (χ3v) is 5.17. The van der Waals surface area contributed by atoms with Gasteiger partial charge in [-0.3, -0.25) is 4.79 Å². The van der Waals surface area contributed by atoms with Crippen molar-refractivity contribution in [2.24, 2.45) is 5.92 Å². The Hall–Kier alpha value is -3.42. The SMILES string of the molecule is O=C(CC1CCCC1)Nc1ccc(NC(=O)NCc2ccn3ncnc3c2)cc1. The largest absolute Gasteiger partial charge is 0.334 e. The summed E-state index contributed by atoms with van der Waals surface area (Å²) in [5.74, 6) is 0.574. The van der Waals surface area contributed by atoms with Crippen LogP contribution in [-0.4, -0.2) is 26.5 Å². The molecule has 8 nitrogen and oxygen atoms in total. The van der Waals surface area contributed by atoms with Crippen molar-refractivity contribution in [2.45, 2.75) is 38.6 Å². The summed E-state index contributed by atoms with van der Waals surface area (Å²) in [6, 6.07) is 10.6. The second-order valence-electron chi connectivity index (χ2n) is 7.39. The molecule has 8 heteroatoms. The van der Waals surface area contributed by atoms with Gasteiger partial charge >= 0.3 is 6.03 Å². The van der Waals surface area contributed by atoms with Crippen molar-refractivity contribution in [1.29, 1.82) is 0 Å². The first kappa shape index (κ1) is 18.9. The van der Waals surface area contributed by atoms with Crippen LogP contribution in [0.15, 0.2) is 48.9 Å². The summed E-state index contributed by atoms with van der Waals surface area (Å²) in [6.07, 6.45) is 8.64. The molecule has 2 aromatic heterocycles. The molecule has 29 heavy (non-hydrogen) atoms. The van der Waals surface area contributed by atoms with Gasteiger partial charge in [0.1, 0.15) is 6.33 Å². The van der Waals surface area contributed by atoms with E-state index in [2.05, 4.69) is 26.0 Å². The van der Waals surface area contributed by atoms with E-state index in [4.69, 9.17) is 0 Å². The number of anilines is 2. The van der Waals surface area contributed by atoms with Gasteiger partial charge in [-0.05, 0) is 60.7 Å². The Morgan fingerprint density at radius 1 is 1.03 bits per heavy atom. The predicted molar refractivity (Wildman–Crippen MR) is 110 cm³/mol. The zero-order chi connectivity index (χ0) is 20.1. The van der Waals surface area contributed by atoms with Gasteiger partial charge in [-0.1, -0.05) is 12.8 Å². The van der Waals surface area contributed by atoms with Crippen molar-refractivity contribution in [3.63, 3.8) is 0 Å². The number of carbonyl (C=O) groups is 2. The number of fused-ring (bicyclic) bond motifs is 1. The Morgan fingerprint density at radius 3 is 2.52 bits per heavy atom. The van der Waals surface area contributed by atoms with Gasteiger partial charge in [0.15, 0.2) is 5.65 Å². The molecule has 1 fully saturated rings. The Balaban J connectivity index is 1.24. The van der Waals surface area contributed by atoms with Crippen LogP contribution in [0.5, 0.6) is 0 Å². The van der Waals surface area contributed by atoms with E-state index >= 15 is 0 Å². The number of amides is 3. The Morgan fingerprint density at radius 2 is 1.76 bits per heavy atom. The minimum Gasteiger partial charge on any atom is -0.334 e. The molecule has 1 aliphatic rings. The standard InChI is InChI=1S/C21H24N6O2/c28-20(12-15-3-1-2-4-15)25-17-5-7-18(8-6-17)26-21(29)22-13-16-9-10-27-19(11-16)23-14-24-27/h5-11,14-15H,1-4,12-13H2,(H,25,28)(H2,22,26,29). The normalized spacial score (nSPS) is 14.1. The summed E-state index contributed by atoms with van der Waals surface area (Å²) in [5, 5.41) is 12.6. The molecule has 0 saturated heterocycles. The Labute approximate surface area is 168 Å². The molecule has 0 unspecified atom stereocenters. The molecule has 0 atom stereocenters. The lowest BCUT2D eigenvalue weighted by Crippen LogP contribution is -2.28. The van der Waals surface area contributed by atoms with Crippen molar-refractivity contribution < 1.29 is 9.59 Å². The molecule has 4 rings (SSSR count). The minimum absolute atomic E-state index is 0.0556. The molecule has 0 radical (unpaired) electrons. The zero-order valence-corrected chi connectivity index (χ0v) is 16.1. The smallest absolute Gasteiger partial charge is 0.319 e. The second kappa shape index (κ2) is 8.72. The highest BCUT2D eigenvalue weighted by atomic mass is 16.2. The summed E-state index contributed by atoms with van der Waals surface area (Å²) in [5.41, 5.74) is 3.06. The summed E-state index contributed by atoms with van der Waals surface area (Å²) < 4.78 is 1.66. The van der Waals surface area contributed by atoms with E-state index in [0.29, 0.717) is 24.6 Å². The molecule has 150 valence electrons. The minimum atomic E-state index is -0.302. The quantitative estimate of drug-likeness (QED) is 0.597. The average molecular weight is 392 g/mol. The molecular formula is C21H24N6O2. The van der Waals surface area contributed by atoms with E-state index in [1.54, 1.807) is 35.0 Å². The topological polar surface area (TPSA) is 100 Å². The van der Waals surface area contributed by atoms with Crippen molar-refractivity contribution in [1.82, 2.24) is 19.9 Å². The molecule has 0 bridgehead atoms. The maximum Gasteiger partial charge on any atom is 0.319 e. The summed E-state index contributed by atoms with van der Waals surface area (Å²) in [4.78, 5) is 28.4. The van der Waals surface area contributed by atoms with Gasteiger partial charge in [0.25, 0.3) is 0 Å². The highest BCUT2D eigenvalue weighted by molar-refractivity contribution is 5.92. The van der Waals surface area contributed by atoms with Gasteiger partial charge < -0.3 is 16.0 Å². The first-order valence-corrected chi connectivity index (χ1v) is 9.89. The van der Waals surface area contributed by atoms with Crippen LogP contribution < -0.4 is 16.0 Å². The van der Waals surface area contributed by atoms with Crippen molar-refractivity contribution in [2.75, 3.05) is 10.6 Å². The van der Waals surface area contributed by atoms with Gasteiger partial charge in [0, 0.05) is 30.5 Å². The molecule has 3 aromatic rings. The van der Waals surface area contributed by atoms with Crippen LogP contribution >= 0.6 is 0 Å². The molecule has 0 spiro atoms. The van der Waals surface area contributed by atoms with E-state index < -0.39 is 0 Å². The number of benzene rings is 1. The number of aromatic nitrogens is 3. The number of nitrogens with zero attached hydrogens (tertiary/aromatic N) is 3. The molecule has 0 aliphatic heterocycles. The monoisotopic (exact) mass is 392 g/mol. The van der Waals surface area contributed by atoms with Crippen molar-refractivity contribution in [3.8, 4) is 0 Å². The summed E-state index contributed by atoms with van der Waals surface area (Å²) >= 11 is 0. The predicted octanol–water partition coefficient (Wildman–Crippen LogP) is 3.57. The highest BCUT2D eigenvalue weighted by Crippen LogP contribution is 2.27. The first-order valence-electron chi connectivity index (χ1n) is 9.89. The maximum atomic E-state index is 12.1. The molecule has 1 aromatic carbocycles. The summed E-state index contributed by atoms with van der Waals surface area (Å²) in [7, 11) is 0. The lowest BCUT2D eigenvalue weighted by Gasteiger charge is -2.11. The third kappa shape index (κ3) is 5.10. The fraction of sp³-hybridized carbons (Fsp3) is 0.333. The fourth-order valence-electron chi connectivity index (χ4n) is 3.65. The molecule has 1 aliphatic carbocycles. The lowest BCUT2D eigenvalue weighted by molar-refractivity contribution is -0.117. The van der Waals surface area contributed by atoms with Crippen LogP contribution in [0, 0.1) is 5.92 Å². The number of carbonyl (C=O) groups excluding carboxylic acids is 2. The van der Waals surface area contributed by atoms with Crippen LogP contribution in [0.3, 0.4) is 0 Å². The molecule has 1 saturated carbocycles. The average Bonchev–Trinajstić information content (AvgIpc) is 3.39. The van der Waals surface area contributed by atoms with Gasteiger partial charge in [-0.25, -0.2) is 14.3 Å². The van der Waals surface area contributed by atoms with Gasteiger partial charge in [0.2, 0.25) is 5.91 Å².